The smallest absolute Gasteiger partial charge is 0.191 e. The topological polar surface area (TPSA) is 52.6 Å². The van der Waals surface area contributed by atoms with Gasteiger partial charge in [-0.2, -0.15) is 0 Å². The number of guanidine groups is 1. The van der Waals surface area contributed by atoms with Crippen LogP contribution >= 0.6 is 11.3 Å². The second kappa shape index (κ2) is 10.4. The monoisotopic (exact) mass is 419 g/mol. The fourth-order valence-electron chi connectivity index (χ4n) is 3.76. The van der Waals surface area contributed by atoms with Gasteiger partial charge in [0, 0.05) is 43.7 Å². The first kappa shape index (κ1) is 20.6. The summed E-state index contributed by atoms with van der Waals surface area (Å²) in [5.41, 5.74) is 3.58. The number of nitrogens with one attached hydrogen (secondary N) is 2. The van der Waals surface area contributed by atoms with Gasteiger partial charge in [-0.3, -0.25) is 9.89 Å². The second-order valence-corrected chi connectivity index (χ2v) is 8.54. The molecule has 0 radical (unpaired) electrons. The quantitative estimate of drug-likeness (QED) is 0.466. The predicted molar refractivity (Wildman–Crippen MR) is 126 cm³/mol. The lowest BCUT2D eigenvalue weighted by molar-refractivity contribution is 0.198. The Morgan fingerprint density at radius 1 is 1.07 bits per heavy atom. The van der Waals surface area contributed by atoms with Crippen LogP contribution in [0.2, 0.25) is 0 Å². The summed E-state index contributed by atoms with van der Waals surface area (Å²) < 4.78 is 0. The number of benzene rings is 2. The Morgan fingerprint density at radius 3 is 2.47 bits per heavy atom. The Labute approximate surface area is 182 Å². The van der Waals surface area contributed by atoms with Crippen LogP contribution in [0.4, 0.5) is 0 Å². The highest BCUT2D eigenvalue weighted by atomic mass is 32.1. The summed E-state index contributed by atoms with van der Waals surface area (Å²) in [5, 5.41) is 10.2. The number of hydrogen-bond acceptors (Lipinski definition) is 4. The molecule has 2 N–H and O–H groups in total. The van der Waals surface area contributed by atoms with E-state index in [2.05, 4.69) is 68.4 Å². The van der Waals surface area contributed by atoms with E-state index in [1.54, 1.807) is 11.3 Å². The molecule has 1 aliphatic heterocycles. The van der Waals surface area contributed by atoms with Gasteiger partial charge >= 0.3 is 0 Å². The molecule has 1 saturated heterocycles. The maximum Gasteiger partial charge on any atom is 0.191 e. The fourth-order valence-corrected chi connectivity index (χ4v) is 4.50. The molecule has 2 heterocycles. The molecule has 0 unspecified atom stereocenters. The molecule has 0 aliphatic carbocycles. The fraction of sp³-hybridized carbons (Fsp3) is 0.333. The van der Waals surface area contributed by atoms with Gasteiger partial charge in [0.15, 0.2) is 5.96 Å². The van der Waals surface area contributed by atoms with Crippen molar-refractivity contribution in [2.75, 3.05) is 20.1 Å². The third-order valence-electron chi connectivity index (χ3n) is 5.43. The molecule has 4 rings (SSSR count). The second-order valence-electron chi connectivity index (χ2n) is 7.60. The summed E-state index contributed by atoms with van der Waals surface area (Å²) in [5.74, 6) is 0.855. The highest BCUT2D eigenvalue weighted by Gasteiger charge is 2.20. The summed E-state index contributed by atoms with van der Waals surface area (Å²) in [4.78, 5) is 11.7. The normalized spacial score (nSPS) is 15.8. The zero-order valence-electron chi connectivity index (χ0n) is 17.4. The zero-order valence-corrected chi connectivity index (χ0v) is 18.2. The maximum absolute atomic E-state index is 4.75. The number of nitrogens with zero attached hydrogens (tertiary/aromatic N) is 3. The van der Waals surface area contributed by atoms with Crippen LogP contribution < -0.4 is 10.6 Å². The van der Waals surface area contributed by atoms with Crippen molar-refractivity contribution in [1.82, 2.24) is 20.5 Å². The minimum Gasteiger partial charge on any atom is -0.354 e. The number of aromatic nitrogens is 1. The molecule has 1 fully saturated rings. The first-order chi connectivity index (χ1) is 14.8. The Kier molecular flexibility index (Phi) is 7.11. The first-order valence-electron chi connectivity index (χ1n) is 10.5. The van der Waals surface area contributed by atoms with Crippen LogP contribution in [0.3, 0.4) is 0 Å². The van der Waals surface area contributed by atoms with Gasteiger partial charge in [0.1, 0.15) is 5.01 Å². The minimum absolute atomic E-state index is 0.458. The lowest BCUT2D eigenvalue weighted by atomic mass is 10.0. The average Bonchev–Trinajstić information content (AvgIpc) is 3.28. The molecule has 1 aromatic heterocycles. The van der Waals surface area contributed by atoms with Gasteiger partial charge in [-0.25, -0.2) is 4.98 Å². The molecule has 0 amide bonds. The number of likely N-dealkylation sites (tertiary alicyclic amines) is 1. The van der Waals surface area contributed by atoms with Gasteiger partial charge in [-0.15, -0.1) is 11.3 Å². The first-order valence-corrected chi connectivity index (χ1v) is 11.4. The van der Waals surface area contributed by atoms with Crippen LogP contribution in [0.5, 0.6) is 0 Å². The highest BCUT2D eigenvalue weighted by molar-refractivity contribution is 7.09. The van der Waals surface area contributed by atoms with Gasteiger partial charge in [0.2, 0.25) is 0 Å². The summed E-state index contributed by atoms with van der Waals surface area (Å²) in [6, 6.07) is 21.5. The number of piperidine rings is 1. The van der Waals surface area contributed by atoms with Crippen molar-refractivity contribution in [3.63, 3.8) is 0 Å². The molecular weight excluding hydrogens is 390 g/mol. The molecule has 0 saturated carbocycles. The van der Waals surface area contributed by atoms with Crippen LogP contribution in [-0.2, 0) is 13.1 Å². The van der Waals surface area contributed by atoms with Crippen molar-refractivity contribution in [3.05, 3.63) is 76.6 Å². The molecule has 156 valence electrons. The minimum atomic E-state index is 0.458. The molecule has 3 aromatic rings. The molecule has 5 nitrogen and oxygen atoms in total. The Morgan fingerprint density at radius 2 is 1.77 bits per heavy atom. The maximum atomic E-state index is 4.75. The standard InChI is InChI=1S/C24H29N5S/c1-25-24(26-16-23-28-22(18-30-23)20-10-6-3-7-11-20)27-21-12-14-29(15-13-21)17-19-8-4-2-5-9-19/h2-11,18,21H,12-17H2,1H3,(H2,25,26,27). The molecule has 0 atom stereocenters. The van der Waals surface area contributed by atoms with Crippen LogP contribution in [0.25, 0.3) is 11.3 Å². The Hall–Kier alpha value is -2.70. The van der Waals surface area contributed by atoms with Crippen LogP contribution in [0, 0.1) is 0 Å². The number of rotatable bonds is 6. The van der Waals surface area contributed by atoms with Gasteiger partial charge in [0.25, 0.3) is 0 Å². The van der Waals surface area contributed by atoms with Crippen molar-refractivity contribution in [3.8, 4) is 11.3 Å². The number of aliphatic imine (C=N–C) groups is 1. The number of thiazole rings is 1. The highest BCUT2D eigenvalue weighted by Crippen LogP contribution is 2.21. The Balaban J connectivity index is 1.22. The molecule has 2 aromatic carbocycles. The van der Waals surface area contributed by atoms with Gasteiger partial charge < -0.3 is 10.6 Å². The van der Waals surface area contributed by atoms with Gasteiger partial charge in [-0.1, -0.05) is 60.7 Å². The van der Waals surface area contributed by atoms with Crippen molar-refractivity contribution < 1.29 is 0 Å². The van der Waals surface area contributed by atoms with Crippen molar-refractivity contribution in [2.45, 2.75) is 32.0 Å². The largest absolute Gasteiger partial charge is 0.354 e. The molecule has 0 spiro atoms. The van der Waals surface area contributed by atoms with Crippen molar-refractivity contribution >= 4 is 17.3 Å². The predicted octanol–water partition coefficient (Wildman–Crippen LogP) is 4.14. The zero-order chi connectivity index (χ0) is 20.6. The summed E-state index contributed by atoms with van der Waals surface area (Å²) in [6.45, 7) is 3.94. The van der Waals surface area contributed by atoms with E-state index in [1.165, 1.54) is 5.56 Å². The average molecular weight is 420 g/mol. The van der Waals surface area contributed by atoms with Crippen LogP contribution in [-0.4, -0.2) is 42.0 Å². The van der Waals surface area contributed by atoms with Gasteiger partial charge in [-0.05, 0) is 18.4 Å². The molecule has 30 heavy (non-hydrogen) atoms. The van der Waals surface area contributed by atoms with Crippen molar-refractivity contribution in [1.29, 1.82) is 0 Å². The number of hydrogen-bond donors (Lipinski definition) is 2. The summed E-state index contributed by atoms with van der Waals surface area (Å²) in [7, 11) is 1.83. The third kappa shape index (κ3) is 5.68. The van der Waals surface area contributed by atoms with E-state index in [9.17, 15) is 0 Å². The van der Waals surface area contributed by atoms with E-state index in [0.29, 0.717) is 12.6 Å². The van der Waals surface area contributed by atoms with Crippen LogP contribution in [0.15, 0.2) is 71.0 Å². The molecule has 0 bridgehead atoms. The Bertz CT molecular complexity index is 930. The lowest BCUT2D eigenvalue weighted by Gasteiger charge is -2.33. The van der Waals surface area contributed by atoms with E-state index >= 15 is 0 Å². The SMILES string of the molecule is CN=C(NCc1nc(-c2ccccc2)cs1)NC1CCN(Cc2ccccc2)CC1. The summed E-state index contributed by atoms with van der Waals surface area (Å²) in [6.07, 6.45) is 2.26. The van der Waals surface area contributed by atoms with E-state index in [-0.39, 0.29) is 0 Å². The van der Waals surface area contributed by atoms with Crippen LogP contribution in [0.1, 0.15) is 23.4 Å². The van der Waals surface area contributed by atoms with E-state index < -0.39 is 0 Å². The summed E-state index contributed by atoms with van der Waals surface area (Å²) >= 11 is 1.68. The molecule has 6 heteroatoms. The molecular formula is C24H29N5S. The van der Waals surface area contributed by atoms with E-state index in [4.69, 9.17) is 4.98 Å². The van der Waals surface area contributed by atoms with Gasteiger partial charge in [0.05, 0.1) is 12.2 Å². The van der Waals surface area contributed by atoms with E-state index in [1.807, 2.05) is 25.2 Å². The lowest BCUT2D eigenvalue weighted by Crippen LogP contribution is -2.48. The third-order valence-corrected chi connectivity index (χ3v) is 6.28. The van der Waals surface area contributed by atoms with E-state index in [0.717, 1.165) is 54.7 Å². The van der Waals surface area contributed by atoms with Crippen molar-refractivity contribution in [2.24, 2.45) is 4.99 Å². The molecule has 1 aliphatic rings.